The summed E-state index contributed by atoms with van der Waals surface area (Å²) in [4.78, 5) is 4.71. The Balaban J connectivity index is 2.48. The SMILES string of the molecule is CN(C)CCN(C)C1(CN)CCSCC1. The van der Waals surface area contributed by atoms with Gasteiger partial charge in [0.1, 0.15) is 0 Å². The molecule has 2 N–H and O–H groups in total. The third-order valence-corrected chi connectivity index (χ3v) is 4.48. The molecule has 0 atom stereocenters. The largest absolute Gasteiger partial charge is 0.329 e. The maximum Gasteiger partial charge on any atom is 0.0344 e. The molecule has 1 heterocycles. The fraction of sp³-hybridized carbons (Fsp3) is 1.00. The summed E-state index contributed by atoms with van der Waals surface area (Å²) in [6.07, 6.45) is 2.50. The predicted molar refractivity (Wildman–Crippen MR) is 69.5 cm³/mol. The Labute approximate surface area is 98.4 Å². The number of rotatable bonds is 5. The topological polar surface area (TPSA) is 32.5 Å². The highest BCUT2D eigenvalue weighted by Gasteiger charge is 2.34. The minimum absolute atomic E-state index is 0.279. The van der Waals surface area contributed by atoms with Crippen LogP contribution in [0.5, 0.6) is 0 Å². The Bertz CT molecular complexity index is 179. The average Bonchev–Trinajstić information content (AvgIpc) is 2.26. The van der Waals surface area contributed by atoms with Gasteiger partial charge in [0.05, 0.1) is 0 Å². The fourth-order valence-electron chi connectivity index (χ4n) is 2.08. The Morgan fingerprint density at radius 3 is 2.20 bits per heavy atom. The minimum atomic E-state index is 0.279. The molecule has 0 aromatic carbocycles. The van der Waals surface area contributed by atoms with E-state index >= 15 is 0 Å². The molecule has 0 saturated carbocycles. The van der Waals surface area contributed by atoms with Gasteiger partial charge in [0.25, 0.3) is 0 Å². The first kappa shape index (κ1) is 13.3. The lowest BCUT2D eigenvalue weighted by Gasteiger charge is -2.44. The number of hydrogen-bond acceptors (Lipinski definition) is 4. The van der Waals surface area contributed by atoms with Crippen LogP contribution >= 0.6 is 11.8 Å². The normalized spacial score (nSPS) is 21.2. The van der Waals surface area contributed by atoms with Crippen LogP contribution in [0.15, 0.2) is 0 Å². The monoisotopic (exact) mass is 231 g/mol. The summed E-state index contributed by atoms with van der Waals surface area (Å²) in [6, 6.07) is 0. The zero-order chi connectivity index (χ0) is 11.3. The molecule has 15 heavy (non-hydrogen) atoms. The van der Waals surface area contributed by atoms with Crippen molar-refractivity contribution in [1.29, 1.82) is 0 Å². The Morgan fingerprint density at radius 1 is 1.13 bits per heavy atom. The third kappa shape index (κ3) is 3.63. The van der Waals surface area contributed by atoms with Crippen molar-refractivity contribution in [3.8, 4) is 0 Å². The zero-order valence-corrected chi connectivity index (χ0v) is 11.1. The smallest absolute Gasteiger partial charge is 0.0344 e. The van der Waals surface area contributed by atoms with Gasteiger partial charge in [0, 0.05) is 25.2 Å². The first-order chi connectivity index (χ1) is 7.10. The molecule has 1 rings (SSSR count). The molecule has 0 aromatic heterocycles. The molecule has 0 aromatic rings. The van der Waals surface area contributed by atoms with Crippen LogP contribution in [0.1, 0.15) is 12.8 Å². The van der Waals surface area contributed by atoms with Crippen molar-refractivity contribution in [2.45, 2.75) is 18.4 Å². The summed E-state index contributed by atoms with van der Waals surface area (Å²) >= 11 is 2.06. The van der Waals surface area contributed by atoms with E-state index in [4.69, 9.17) is 5.73 Å². The van der Waals surface area contributed by atoms with E-state index in [2.05, 4.69) is 42.7 Å². The number of thioether (sulfide) groups is 1. The minimum Gasteiger partial charge on any atom is -0.329 e. The molecular weight excluding hydrogens is 206 g/mol. The van der Waals surface area contributed by atoms with Crippen molar-refractivity contribution < 1.29 is 0 Å². The molecule has 3 nitrogen and oxygen atoms in total. The zero-order valence-electron chi connectivity index (χ0n) is 10.3. The molecular formula is C11H25N3S. The lowest BCUT2D eigenvalue weighted by atomic mass is 9.90. The van der Waals surface area contributed by atoms with Gasteiger partial charge in [0.15, 0.2) is 0 Å². The van der Waals surface area contributed by atoms with Crippen molar-refractivity contribution in [2.75, 3.05) is 52.3 Å². The Morgan fingerprint density at radius 2 is 1.73 bits per heavy atom. The van der Waals surface area contributed by atoms with Crippen LogP contribution < -0.4 is 5.73 Å². The van der Waals surface area contributed by atoms with Gasteiger partial charge in [-0.2, -0.15) is 11.8 Å². The number of likely N-dealkylation sites (N-methyl/N-ethyl adjacent to an activating group) is 2. The van der Waals surface area contributed by atoms with Gasteiger partial charge in [-0.3, -0.25) is 4.90 Å². The van der Waals surface area contributed by atoms with Crippen LogP contribution in [0, 0.1) is 0 Å². The molecule has 0 unspecified atom stereocenters. The molecule has 90 valence electrons. The van der Waals surface area contributed by atoms with E-state index in [1.54, 1.807) is 0 Å². The van der Waals surface area contributed by atoms with E-state index in [0.717, 1.165) is 19.6 Å². The van der Waals surface area contributed by atoms with Gasteiger partial charge in [-0.1, -0.05) is 0 Å². The van der Waals surface area contributed by atoms with Crippen molar-refractivity contribution in [3.05, 3.63) is 0 Å². The first-order valence-corrected chi connectivity index (χ1v) is 6.90. The second-order valence-electron chi connectivity index (χ2n) is 4.77. The van der Waals surface area contributed by atoms with Crippen molar-refractivity contribution in [2.24, 2.45) is 5.73 Å². The van der Waals surface area contributed by atoms with Crippen LogP contribution in [-0.2, 0) is 0 Å². The highest BCUT2D eigenvalue weighted by atomic mass is 32.2. The molecule has 0 amide bonds. The lowest BCUT2D eigenvalue weighted by Crippen LogP contribution is -2.55. The lowest BCUT2D eigenvalue weighted by molar-refractivity contribution is 0.106. The molecule has 1 aliphatic heterocycles. The van der Waals surface area contributed by atoms with Crippen LogP contribution in [0.3, 0.4) is 0 Å². The summed E-state index contributed by atoms with van der Waals surface area (Å²) in [5, 5.41) is 0. The van der Waals surface area contributed by atoms with Gasteiger partial charge in [0.2, 0.25) is 0 Å². The van der Waals surface area contributed by atoms with E-state index in [1.807, 2.05) is 0 Å². The molecule has 1 aliphatic rings. The maximum absolute atomic E-state index is 5.98. The molecule has 0 radical (unpaired) electrons. The standard InChI is InChI=1S/C11H25N3S/c1-13(2)6-7-14(3)11(10-12)4-8-15-9-5-11/h4-10,12H2,1-3H3. The molecule has 0 aliphatic carbocycles. The van der Waals surface area contributed by atoms with Gasteiger partial charge in [-0.05, 0) is 45.5 Å². The summed E-state index contributed by atoms with van der Waals surface area (Å²) in [7, 11) is 6.48. The summed E-state index contributed by atoms with van der Waals surface area (Å²) in [6.45, 7) is 3.04. The number of nitrogens with zero attached hydrogens (tertiary/aromatic N) is 2. The second kappa shape index (κ2) is 6.09. The van der Waals surface area contributed by atoms with E-state index in [1.165, 1.54) is 24.3 Å². The van der Waals surface area contributed by atoms with Gasteiger partial charge >= 0.3 is 0 Å². The van der Waals surface area contributed by atoms with E-state index in [0.29, 0.717) is 0 Å². The van der Waals surface area contributed by atoms with Crippen molar-refractivity contribution >= 4 is 11.8 Å². The summed E-state index contributed by atoms with van der Waals surface area (Å²) in [5.41, 5.74) is 6.26. The van der Waals surface area contributed by atoms with Gasteiger partial charge < -0.3 is 10.6 Å². The molecule has 1 saturated heterocycles. The van der Waals surface area contributed by atoms with Gasteiger partial charge in [-0.15, -0.1) is 0 Å². The first-order valence-electron chi connectivity index (χ1n) is 5.74. The fourth-order valence-corrected chi connectivity index (χ4v) is 3.33. The molecule has 0 spiro atoms. The molecule has 1 fully saturated rings. The predicted octanol–water partition coefficient (Wildman–Crippen LogP) is 0.704. The van der Waals surface area contributed by atoms with E-state index < -0.39 is 0 Å². The number of hydrogen-bond donors (Lipinski definition) is 1. The number of nitrogens with two attached hydrogens (primary N) is 1. The Kier molecular flexibility index (Phi) is 5.39. The van der Waals surface area contributed by atoms with E-state index in [9.17, 15) is 0 Å². The van der Waals surface area contributed by atoms with Crippen molar-refractivity contribution in [1.82, 2.24) is 9.80 Å². The Hall–Kier alpha value is 0.230. The summed E-state index contributed by atoms with van der Waals surface area (Å²) < 4.78 is 0. The van der Waals surface area contributed by atoms with Crippen LogP contribution in [0.4, 0.5) is 0 Å². The van der Waals surface area contributed by atoms with Crippen LogP contribution in [-0.4, -0.2) is 67.6 Å². The third-order valence-electron chi connectivity index (χ3n) is 3.50. The maximum atomic E-state index is 5.98. The second-order valence-corrected chi connectivity index (χ2v) is 5.99. The van der Waals surface area contributed by atoms with Crippen LogP contribution in [0.25, 0.3) is 0 Å². The highest BCUT2D eigenvalue weighted by molar-refractivity contribution is 7.99. The highest BCUT2D eigenvalue weighted by Crippen LogP contribution is 2.30. The summed E-state index contributed by atoms with van der Waals surface area (Å²) in [5.74, 6) is 2.53. The van der Waals surface area contributed by atoms with Crippen LogP contribution in [0.2, 0.25) is 0 Å². The average molecular weight is 231 g/mol. The quantitative estimate of drug-likeness (QED) is 0.755. The van der Waals surface area contributed by atoms with E-state index in [-0.39, 0.29) is 5.54 Å². The molecule has 4 heteroatoms. The molecule has 0 bridgehead atoms. The van der Waals surface area contributed by atoms with Crippen molar-refractivity contribution in [3.63, 3.8) is 0 Å². The van der Waals surface area contributed by atoms with Gasteiger partial charge in [-0.25, -0.2) is 0 Å².